The maximum atomic E-state index is 12.7. The van der Waals surface area contributed by atoms with Gasteiger partial charge in [0.25, 0.3) is 0 Å². The highest BCUT2D eigenvalue weighted by molar-refractivity contribution is 5.84. The van der Waals surface area contributed by atoms with Crippen molar-refractivity contribution in [2.75, 3.05) is 13.1 Å². The first-order valence-electron chi connectivity index (χ1n) is 8.43. The summed E-state index contributed by atoms with van der Waals surface area (Å²) < 4.78 is 0. The van der Waals surface area contributed by atoms with Crippen LogP contribution in [0.3, 0.4) is 0 Å². The van der Waals surface area contributed by atoms with Crippen LogP contribution < -0.4 is 5.73 Å². The molecular formula is C20H22N2O. The molecule has 0 bridgehead atoms. The van der Waals surface area contributed by atoms with E-state index in [-0.39, 0.29) is 12.0 Å². The zero-order chi connectivity index (χ0) is 15.8. The molecule has 118 valence electrons. The number of hydrogen-bond donors (Lipinski definition) is 1. The first-order chi connectivity index (χ1) is 11.2. The summed E-state index contributed by atoms with van der Waals surface area (Å²) in [5, 5.41) is 0. The molecule has 1 aliphatic carbocycles. The zero-order valence-corrected chi connectivity index (χ0v) is 13.2. The summed E-state index contributed by atoms with van der Waals surface area (Å²) in [7, 11) is 0. The Labute approximate surface area is 137 Å². The van der Waals surface area contributed by atoms with Gasteiger partial charge in [0.15, 0.2) is 0 Å². The van der Waals surface area contributed by atoms with Gasteiger partial charge >= 0.3 is 0 Å². The van der Waals surface area contributed by atoms with Gasteiger partial charge < -0.3 is 10.6 Å². The van der Waals surface area contributed by atoms with Gasteiger partial charge in [-0.25, -0.2) is 0 Å². The van der Waals surface area contributed by atoms with Crippen LogP contribution in [0.4, 0.5) is 0 Å². The number of carbonyl (C=O) groups excluding carboxylic acids is 1. The standard InChI is InChI=1S/C20H22N2O/c21-15-10-11-22(13-15)20(23)19-12-18(19)17-9-5-4-8-16(17)14-6-2-1-3-7-14/h1-9,15,18-19H,10-13,21H2. The second-order valence-electron chi connectivity index (χ2n) is 6.73. The predicted octanol–water partition coefficient (Wildman–Crippen LogP) is 3.02. The van der Waals surface area contributed by atoms with Crippen molar-refractivity contribution in [1.82, 2.24) is 4.90 Å². The molecule has 1 saturated heterocycles. The van der Waals surface area contributed by atoms with Crippen molar-refractivity contribution in [2.24, 2.45) is 11.7 Å². The third kappa shape index (κ3) is 2.77. The van der Waals surface area contributed by atoms with Gasteiger partial charge in [0.05, 0.1) is 0 Å². The van der Waals surface area contributed by atoms with Crippen molar-refractivity contribution in [3.05, 3.63) is 60.2 Å². The summed E-state index contributed by atoms with van der Waals surface area (Å²) in [5.41, 5.74) is 9.72. The highest BCUT2D eigenvalue weighted by Crippen LogP contribution is 2.51. The molecule has 3 nitrogen and oxygen atoms in total. The van der Waals surface area contributed by atoms with Crippen molar-refractivity contribution in [2.45, 2.75) is 24.8 Å². The molecule has 4 rings (SSSR count). The minimum Gasteiger partial charge on any atom is -0.341 e. The molecule has 1 aliphatic heterocycles. The number of rotatable bonds is 3. The lowest BCUT2D eigenvalue weighted by Crippen LogP contribution is -2.33. The molecule has 2 fully saturated rings. The summed E-state index contributed by atoms with van der Waals surface area (Å²) >= 11 is 0. The molecule has 3 heteroatoms. The third-order valence-corrected chi connectivity index (χ3v) is 5.09. The van der Waals surface area contributed by atoms with E-state index in [0.717, 1.165) is 25.9 Å². The van der Waals surface area contributed by atoms with E-state index in [1.54, 1.807) is 0 Å². The summed E-state index contributed by atoms with van der Waals surface area (Å²) in [6.07, 6.45) is 1.90. The van der Waals surface area contributed by atoms with Crippen LogP contribution in [0.2, 0.25) is 0 Å². The van der Waals surface area contributed by atoms with Crippen molar-refractivity contribution in [1.29, 1.82) is 0 Å². The van der Waals surface area contributed by atoms with Gasteiger partial charge in [-0.1, -0.05) is 54.6 Å². The van der Waals surface area contributed by atoms with Crippen LogP contribution >= 0.6 is 0 Å². The van der Waals surface area contributed by atoms with E-state index < -0.39 is 0 Å². The molecule has 0 aromatic heterocycles. The fourth-order valence-electron chi connectivity index (χ4n) is 3.73. The van der Waals surface area contributed by atoms with Crippen LogP contribution in [0, 0.1) is 5.92 Å². The van der Waals surface area contributed by atoms with Crippen LogP contribution in [-0.2, 0) is 4.79 Å². The van der Waals surface area contributed by atoms with Gasteiger partial charge in [-0.2, -0.15) is 0 Å². The van der Waals surface area contributed by atoms with Gasteiger partial charge in [-0.05, 0) is 35.4 Å². The Morgan fingerprint density at radius 2 is 1.78 bits per heavy atom. The van der Waals surface area contributed by atoms with E-state index in [2.05, 4.69) is 48.5 Å². The number of likely N-dealkylation sites (tertiary alicyclic amines) is 1. The van der Waals surface area contributed by atoms with Crippen molar-refractivity contribution in [3.8, 4) is 11.1 Å². The summed E-state index contributed by atoms with van der Waals surface area (Å²) in [4.78, 5) is 14.6. The SMILES string of the molecule is NC1CCN(C(=O)C2CC2c2ccccc2-c2ccccc2)C1. The Balaban J connectivity index is 1.56. The second kappa shape index (κ2) is 5.82. The van der Waals surface area contributed by atoms with Crippen LogP contribution in [0.15, 0.2) is 54.6 Å². The largest absolute Gasteiger partial charge is 0.341 e. The molecule has 0 radical (unpaired) electrons. The van der Waals surface area contributed by atoms with E-state index in [1.807, 2.05) is 11.0 Å². The summed E-state index contributed by atoms with van der Waals surface area (Å²) in [6, 6.07) is 19.1. The summed E-state index contributed by atoms with van der Waals surface area (Å²) in [6.45, 7) is 1.55. The number of nitrogens with zero attached hydrogens (tertiary/aromatic N) is 1. The number of amides is 1. The molecule has 2 aliphatic rings. The normalized spacial score (nSPS) is 26.3. The lowest BCUT2D eigenvalue weighted by molar-refractivity contribution is -0.131. The molecule has 1 saturated carbocycles. The maximum Gasteiger partial charge on any atom is 0.226 e. The van der Waals surface area contributed by atoms with Crippen molar-refractivity contribution in [3.63, 3.8) is 0 Å². The van der Waals surface area contributed by atoms with Gasteiger partial charge in [0.1, 0.15) is 0 Å². The molecule has 0 spiro atoms. The molecule has 1 heterocycles. The Morgan fingerprint density at radius 3 is 2.52 bits per heavy atom. The van der Waals surface area contributed by atoms with Crippen molar-refractivity contribution >= 4 is 5.91 Å². The molecule has 3 unspecified atom stereocenters. The molecule has 23 heavy (non-hydrogen) atoms. The van der Waals surface area contributed by atoms with Gasteiger partial charge in [-0.15, -0.1) is 0 Å². The lowest BCUT2D eigenvalue weighted by atomic mass is 9.96. The number of nitrogens with two attached hydrogens (primary N) is 1. The lowest BCUT2D eigenvalue weighted by Gasteiger charge is -2.16. The van der Waals surface area contributed by atoms with Crippen LogP contribution in [0.1, 0.15) is 24.3 Å². The molecule has 1 amide bonds. The fourth-order valence-corrected chi connectivity index (χ4v) is 3.73. The molecule has 2 aromatic rings. The van der Waals surface area contributed by atoms with Crippen molar-refractivity contribution < 1.29 is 4.79 Å². The van der Waals surface area contributed by atoms with Gasteiger partial charge in [0.2, 0.25) is 5.91 Å². The van der Waals surface area contributed by atoms with Gasteiger partial charge in [-0.3, -0.25) is 4.79 Å². The number of hydrogen-bond acceptors (Lipinski definition) is 2. The quantitative estimate of drug-likeness (QED) is 0.947. The van der Waals surface area contributed by atoms with E-state index in [0.29, 0.717) is 11.8 Å². The highest BCUT2D eigenvalue weighted by Gasteiger charge is 2.47. The number of benzene rings is 2. The smallest absolute Gasteiger partial charge is 0.226 e. The fraction of sp³-hybridized carbons (Fsp3) is 0.350. The van der Waals surface area contributed by atoms with Crippen LogP contribution in [-0.4, -0.2) is 29.9 Å². The number of carbonyl (C=O) groups is 1. The minimum absolute atomic E-state index is 0.144. The predicted molar refractivity (Wildman–Crippen MR) is 91.9 cm³/mol. The summed E-state index contributed by atoms with van der Waals surface area (Å²) in [5.74, 6) is 0.798. The van der Waals surface area contributed by atoms with E-state index in [1.165, 1.54) is 16.7 Å². The Bertz CT molecular complexity index is 713. The Kier molecular flexibility index (Phi) is 3.66. The third-order valence-electron chi connectivity index (χ3n) is 5.09. The highest BCUT2D eigenvalue weighted by atomic mass is 16.2. The Hall–Kier alpha value is -2.13. The topological polar surface area (TPSA) is 46.3 Å². The average Bonchev–Trinajstić information content (AvgIpc) is 3.28. The van der Waals surface area contributed by atoms with E-state index >= 15 is 0 Å². The zero-order valence-electron chi connectivity index (χ0n) is 13.2. The van der Waals surface area contributed by atoms with Gasteiger partial charge in [0, 0.05) is 25.0 Å². The second-order valence-corrected chi connectivity index (χ2v) is 6.73. The van der Waals surface area contributed by atoms with Crippen LogP contribution in [0.5, 0.6) is 0 Å². The van der Waals surface area contributed by atoms with E-state index in [9.17, 15) is 4.79 Å². The first-order valence-corrected chi connectivity index (χ1v) is 8.43. The Morgan fingerprint density at radius 1 is 1.04 bits per heavy atom. The molecule has 2 aromatic carbocycles. The monoisotopic (exact) mass is 306 g/mol. The maximum absolute atomic E-state index is 12.7. The minimum atomic E-state index is 0.144. The molecular weight excluding hydrogens is 284 g/mol. The van der Waals surface area contributed by atoms with Crippen LogP contribution in [0.25, 0.3) is 11.1 Å². The molecule has 2 N–H and O–H groups in total. The molecule has 3 atom stereocenters. The van der Waals surface area contributed by atoms with E-state index in [4.69, 9.17) is 5.73 Å². The average molecular weight is 306 g/mol. The first kappa shape index (κ1) is 14.5.